The molecule has 1 aliphatic rings. The molecule has 20 heavy (non-hydrogen) atoms. The fourth-order valence-electron chi connectivity index (χ4n) is 2.90. The Kier molecular flexibility index (Phi) is 4.10. The average Bonchev–Trinajstić information content (AvgIpc) is 2.76. The van der Waals surface area contributed by atoms with Crippen molar-refractivity contribution in [2.24, 2.45) is 0 Å². The Morgan fingerprint density at radius 2 is 2.15 bits per heavy atom. The Labute approximate surface area is 127 Å². The summed E-state index contributed by atoms with van der Waals surface area (Å²) in [5.41, 5.74) is 1.47. The standard InChI is InChI=1S/C16H18BrNO2/c17-10-12-6-2-1-5-9-18(12)16(19)14-11-20-15-8-4-3-7-13(14)15/h3-4,7-8,11-12H,1-2,5-6,9-10H2. The molecular formula is C16H18BrNO2. The molecule has 0 saturated carbocycles. The molecule has 106 valence electrons. The highest BCUT2D eigenvalue weighted by Gasteiger charge is 2.27. The van der Waals surface area contributed by atoms with Gasteiger partial charge < -0.3 is 9.32 Å². The summed E-state index contributed by atoms with van der Waals surface area (Å²) in [7, 11) is 0. The van der Waals surface area contributed by atoms with E-state index < -0.39 is 0 Å². The van der Waals surface area contributed by atoms with Crippen LogP contribution in [0.1, 0.15) is 36.0 Å². The SMILES string of the molecule is O=C(c1coc2ccccc12)N1CCCCCC1CBr. The van der Waals surface area contributed by atoms with E-state index in [0.717, 1.165) is 35.7 Å². The van der Waals surface area contributed by atoms with Gasteiger partial charge in [0.1, 0.15) is 11.8 Å². The number of fused-ring (bicyclic) bond motifs is 1. The summed E-state index contributed by atoms with van der Waals surface area (Å²) in [5.74, 6) is 0.0984. The number of likely N-dealkylation sites (tertiary alicyclic amines) is 1. The van der Waals surface area contributed by atoms with Gasteiger partial charge >= 0.3 is 0 Å². The first kappa shape index (κ1) is 13.7. The van der Waals surface area contributed by atoms with Gasteiger partial charge in [0.15, 0.2) is 0 Å². The predicted octanol–water partition coefficient (Wildman–Crippen LogP) is 4.21. The van der Waals surface area contributed by atoms with Crippen LogP contribution in [0.3, 0.4) is 0 Å². The second-order valence-electron chi connectivity index (χ2n) is 5.30. The number of para-hydroxylation sites is 1. The highest BCUT2D eigenvalue weighted by Crippen LogP contribution is 2.26. The van der Waals surface area contributed by atoms with E-state index in [2.05, 4.69) is 15.9 Å². The summed E-state index contributed by atoms with van der Waals surface area (Å²) >= 11 is 3.55. The van der Waals surface area contributed by atoms with Crippen LogP contribution in [-0.2, 0) is 0 Å². The Bertz CT molecular complexity index is 607. The number of benzene rings is 1. The van der Waals surface area contributed by atoms with Gasteiger partial charge in [-0.3, -0.25) is 4.79 Å². The van der Waals surface area contributed by atoms with Crippen molar-refractivity contribution in [2.75, 3.05) is 11.9 Å². The lowest BCUT2D eigenvalue weighted by Crippen LogP contribution is -2.40. The van der Waals surface area contributed by atoms with Gasteiger partial charge in [-0.05, 0) is 18.9 Å². The Morgan fingerprint density at radius 3 is 3.00 bits per heavy atom. The third-order valence-electron chi connectivity index (χ3n) is 4.03. The number of hydrogen-bond donors (Lipinski definition) is 0. The first-order chi connectivity index (χ1) is 9.81. The molecule has 0 spiro atoms. The fourth-order valence-corrected chi connectivity index (χ4v) is 3.58. The van der Waals surface area contributed by atoms with Crippen molar-refractivity contribution < 1.29 is 9.21 Å². The summed E-state index contributed by atoms with van der Waals surface area (Å²) in [6.07, 6.45) is 6.17. The summed E-state index contributed by atoms with van der Waals surface area (Å²) in [5, 5.41) is 1.75. The molecule has 3 nitrogen and oxygen atoms in total. The fraction of sp³-hybridized carbons (Fsp3) is 0.438. The zero-order valence-electron chi connectivity index (χ0n) is 11.3. The molecule has 1 fully saturated rings. The summed E-state index contributed by atoms with van der Waals surface area (Å²) in [6, 6.07) is 8.01. The van der Waals surface area contributed by atoms with Gasteiger partial charge in [0.05, 0.1) is 5.56 Å². The topological polar surface area (TPSA) is 33.5 Å². The molecule has 1 aliphatic heterocycles. The van der Waals surface area contributed by atoms with E-state index in [4.69, 9.17) is 4.42 Å². The first-order valence-electron chi connectivity index (χ1n) is 7.14. The van der Waals surface area contributed by atoms with E-state index in [1.54, 1.807) is 6.26 Å². The maximum atomic E-state index is 12.8. The summed E-state index contributed by atoms with van der Waals surface area (Å²) in [4.78, 5) is 14.9. The van der Waals surface area contributed by atoms with Gasteiger partial charge in [0.25, 0.3) is 5.91 Å². The average molecular weight is 336 g/mol. The van der Waals surface area contributed by atoms with Gasteiger partial charge in [-0.1, -0.05) is 47.0 Å². The number of hydrogen-bond acceptors (Lipinski definition) is 2. The zero-order valence-corrected chi connectivity index (χ0v) is 12.9. The van der Waals surface area contributed by atoms with Crippen LogP contribution < -0.4 is 0 Å². The molecule has 1 aromatic heterocycles. The number of rotatable bonds is 2. The maximum Gasteiger partial charge on any atom is 0.258 e. The number of carbonyl (C=O) groups is 1. The number of nitrogens with zero attached hydrogens (tertiary/aromatic N) is 1. The summed E-state index contributed by atoms with van der Waals surface area (Å²) in [6.45, 7) is 0.842. The third-order valence-corrected chi connectivity index (χ3v) is 4.77. The van der Waals surface area contributed by atoms with Crippen LogP contribution in [0.15, 0.2) is 34.9 Å². The molecule has 0 aliphatic carbocycles. The van der Waals surface area contributed by atoms with Crippen molar-refractivity contribution in [2.45, 2.75) is 31.7 Å². The van der Waals surface area contributed by atoms with Crippen molar-refractivity contribution in [3.63, 3.8) is 0 Å². The molecule has 2 heterocycles. The molecule has 1 atom stereocenters. The van der Waals surface area contributed by atoms with Crippen LogP contribution >= 0.6 is 15.9 Å². The van der Waals surface area contributed by atoms with E-state index in [9.17, 15) is 4.79 Å². The van der Waals surface area contributed by atoms with Gasteiger partial charge in [-0.15, -0.1) is 0 Å². The normalized spacial score (nSPS) is 20.1. The molecule has 0 bridgehead atoms. The minimum atomic E-state index is 0.0984. The van der Waals surface area contributed by atoms with Crippen LogP contribution in [0.4, 0.5) is 0 Å². The molecule has 1 unspecified atom stereocenters. The van der Waals surface area contributed by atoms with E-state index >= 15 is 0 Å². The van der Waals surface area contributed by atoms with Crippen molar-refractivity contribution in [3.05, 3.63) is 36.1 Å². The third kappa shape index (κ3) is 2.49. The molecule has 0 radical (unpaired) electrons. The minimum absolute atomic E-state index is 0.0984. The van der Waals surface area contributed by atoms with Gasteiger partial charge in [0.2, 0.25) is 0 Å². The molecular weight excluding hydrogens is 318 g/mol. The lowest BCUT2D eigenvalue weighted by atomic mass is 10.1. The monoisotopic (exact) mass is 335 g/mol. The second kappa shape index (κ2) is 6.00. The number of halogens is 1. The zero-order chi connectivity index (χ0) is 13.9. The largest absolute Gasteiger partial charge is 0.463 e. The quantitative estimate of drug-likeness (QED) is 0.770. The number of carbonyl (C=O) groups excluding carboxylic acids is 1. The Hall–Kier alpha value is -1.29. The lowest BCUT2D eigenvalue weighted by Gasteiger charge is -2.28. The molecule has 4 heteroatoms. The van der Waals surface area contributed by atoms with Gasteiger partial charge in [-0.25, -0.2) is 0 Å². The molecule has 0 N–H and O–H groups in total. The Balaban J connectivity index is 1.94. The van der Waals surface area contributed by atoms with Crippen LogP contribution in [0, 0.1) is 0 Å². The highest BCUT2D eigenvalue weighted by molar-refractivity contribution is 9.09. The van der Waals surface area contributed by atoms with E-state index in [-0.39, 0.29) is 5.91 Å². The second-order valence-corrected chi connectivity index (χ2v) is 5.95. The first-order valence-corrected chi connectivity index (χ1v) is 8.26. The predicted molar refractivity (Wildman–Crippen MR) is 83.3 cm³/mol. The molecule has 2 aromatic rings. The summed E-state index contributed by atoms with van der Waals surface area (Å²) < 4.78 is 5.50. The van der Waals surface area contributed by atoms with Crippen molar-refractivity contribution in [1.29, 1.82) is 0 Å². The Morgan fingerprint density at radius 1 is 1.30 bits per heavy atom. The number of alkyl halides is 1. The van der Waals surface area contributed by atoms with Crippen LogP contribution in [0.25, 0.3) is 11.0 Å². The molecule has 1 aromatic carbocycles. The van der Waals surface area contributed by atoms with E-state index in [0.29, 0.717) is 11.6 Å². The molecule has 1 amide bonds. The maximum absolute atomic E-state index is 12.8. The van der Waals surface area contributed by atoms with Gasteiger partial charge in [0, 0.05) is 23.3 Å². The van der Waals surface area contributed by atoms with Crippen LogP contribution in [0.2, 0.25) is 0 Å². The van der Waals surface area contributed by atoms with Crippen LogP contribution in [0.5, 0.6) is 0 Å². The minimum Gasteiger partial charge on any atom is -0.463 e. The van der Waals surface area contributed by atoms with E-state index in [1.165, 1.54) is 12.8 Å². The smallest absolute Gasteiger partial charge is 0.258 e. The van der Waals surface area contributed by atoms with Crippen LogP contribution in [-0.4, -0.2) is 28.7 Å². The van der Waals surface area contributed by atoms with Crippen molar-refractivity contribution >= 4 is 32.8 Å². The van der Waals surface area contributed by atoms with E-state index in [1.807, 2.05) is 29.2 Å². The number of amides is 1. The molecule has 1 saturated heterocycles. The highest BCUT2D eigenvalue weighted by atomic mass is 79.9. The van der Waals surface area contributed by atoms with Crippen molar-refractivity contribution in [3.8, 4) is 0 Å². The lowest BCUT2D eigenvalue weighted by molar-refractivity contribution is 0.0703. The molecule has 3 rings (SSSR count). The number of furan rings is 1. The van der Waals surface area contributed by atoms with Crippen molar-refractivity contribution in [1.82, 2.24) is 4.90 Å². The van der Waals surface area contributed by atoms with Gasteiger partial charge in [-0.2, -0.15) is 0 Å².